The molecule has 0 saturated heterocycles. The highest BCUT2D eigenvalue weighted by Crippen LogP contribution is 2.29. The van der Waals surface area contributed by atoms with Crippen LogP contribution in [-0.4, -0.2) is 13.4 Å². The van der Waals surface area contributed by atoms with Crippen LogP contribution in [0.5, 0.6) is 0 Å². The minimum Gasteiger partial charge on any atom is -0.256 e. The van der Waals surface area contributed by atoms with Crippen LogP contribution in [0.15, 0.2) is 29.3 Å². The van der Waals surface area contributed by atoms with E-state index in [1.165, 1.54) is 18.3 Å². The van der Waals surface area contributed by atoms with Crippen LogP contribution in [0.25, 0.3) is 10.9 Å². The molecule has 0 aliphatic heterocycles. The summed E-state index contributed by atoms with van der Waals surface area (Å²) >= 11 is 11.7. The molecule has 1 heterocycles. The molecule has 0 bridgehead atoms. The number of primary sulfonamides is 1. The summed E-state index contributed by atoms with van der Waals surface area (Å²) in [6, 6.07) is 4.30. The van der Waals surface area contributed by atoms with Gasteiger partial charge in [-0.05, 0) is 18.2 Å². The molecule has 0 aliphatic rings. The number of rotatable bonds is 1. The summed E-state index contributed by atoms with van der Waals surface area (Å²) in [6.45, 7) is 0. The van der Waals surface area contributed by atoms with E-state index in [9.17, 15) is 8.42 Å². The molecular formula is C9H6Cl2N2O2S. The summed E-state index contributed by atoms with van der Waals surface area (Å²) in [6.07, 6.45) is 1.51. The van der Waals surface area contributed by atoms with Gasteiger partial charge in [0.1, 0.15) is 4.90 Å². The Bertz CT molecular complexity index is 671. The molecule has 0 amide bonds. The van der Waals surface area contributed by atoms with Crippen LogP contribution in [0.1, 0.15) is 0 Å². The van der Waals surface area contributed by atoms with Gasteiger partial charge in [0.15, 0.2) is 0 Å². The fraction of sp³-hybridized carbons (Fsp3) is 0. The van der Waals surface area contributed by atoms with E-state index < -0.39 is 10.0 Å². The summed E-state index contributed by atoms with van der Waals surface area (Å²) in [5, 5.41) is 5.95. The Morgan fingerprint density at radius 1 is 1.19 bits per heavy atom. The van der Waals surface area contributed by atoms with E-state index in [0.717, 1.165) is 0 Å². The minimum absolute atomic E-state index is 0.0322. The maximum absolute atomic E-state index is 11.2. The molecule has 0 radical (unpaired) electrons. The Labute approximate surface area is 102 Å². The van der Waals surface area contributed by atoms with Crippen molar-refractivity contribution >= 4 is 44.1 Å². The van der Waals surface area contributed by atoms with Gasteiger partial charge in [-0.15, -0.1) is 0 Å². The normalized spacial score (nSPS) is 11.9. The molecule has 16 heavy (non-hydrogen) atoms. The van der Waals surface area contributed by atoms with Crippen molar-refractivity contribution in [3.05, 3.63) is 34.4 Å². The van der Waals surface area contributed by atoms with Crippen molar-refractivity contribution < 1.29 is 8.42 Å². The summed E-state index contributed by atoms with van der Waals surface area (Å²) in [7, 11) is -3.86. The van der Waals surface area contributed by atoms with E-state index in [2.05, 4.69) is 4.98 Å². The van der Waals surface area contributed by atoms with Gasteiger partial charge in [0.2, 0.25) is 10.0 Å². The average Bonchev–Trinajstić information content (AvgIpc) is 2.15. The lowest BCUT2D eigenvalue weighted by molar-refractivity contribution is 0.598. The van der Waals surface area contributed by atoms with Gasteiger partial charge in [-0.2, -0.15) is 0 Å². The Morgan fingerprint density at radius 2 is 1.88 bits per heavy atom. The first-order valence-corrected chi connectivity index (χ1v) is 6.46. The van der Waals surface area contributed by atoms with E-state index in [1.54, 1.807) is 6.07 Å². The molecule has 84 valence electrons. The Hall–Kier alpha value is -0.880. The van der Waals surface area contributed by atoms with E-state index in [0.29, 0.717) is 15.9 Å². The predicted molar refractivity (Wildman–Crippen MR) is 63.1 cm³/mol. The van der Waals surface area contributed by atoms with Crippen LogP contribution in [0.3, 0.4) is 0 Å². The molecule has 2 aromatic rings. The fourth-order valence-electron chi connectivity index (χ4n) is 1.33. The zero-order valence-corrected chi connectivity index (χ0v) is 10.1. The average molecular weight is 277 g/mol. The number of nitrogens with two attached hydrogens (primary N) is 1. The molecule has 2 N–H and O–H groups in total. The van der Waals surface area contributed by atoms with Gasteiger partial charge < -0.3 is 0 Å². The zero-order valence-electron chi connectivity index (χ0n) is 7.81. The van der Waals surface area contributed by atoms with Crippen LogP contribution >= 0.6 is 23.2 Å². The second-order valence-electron chi connectivity index (χ2n) is 3.14. The van der Waals surface area contributed by atoms with Gasteiger partial charge >= 0.3 is 0 Å². The Kier molecular flexibility index (Phi) is 2.79. The first-order valence-electron chi connectivity index (χ1n) is 4.16. The number of benzene rings is 1. The first-order chi connectivity index (χ1) is 7.39. The fourth-order valence-corrected chi connectivity index (χ4v) is 2.63. The number of hydrogen-bond acceptors (Lipinski definition) is 3. The minimum atomic E-state index is -3.86. The van der Waals surface area contributed by atoms with Crippen molar-refractivity contribution in [2.45, 2.75) is 4.90 Å². The third-order valence-electron chi connectivity index (χ3n) is 2.05. The van der Waals surface area contributed by atoms with E-state index in [-0.39, 0.29) is 9.92 Å². The quantitative estimate of drug-likeness (QED) is 0.868. The largest absolute Gasteiger partial charge is 0.256 e. The molecule has 0 fully saturated rings. The van der Waals surface area contributed by atoms with Gasteiger partial charge in [-0.1, -0.05) is 23.2 Å². The second kappa shape index (κ2) is 3.85. The van der Waals surface area contributed by atoms with Crippen molar-refractivity contribution in [1.82, 2.24) is 4.98 Å². The van der Waals surface area contributed by atoms with Crippen LogP contribution in [-0.2, 0) is 10.0 Å². The topological polar surface area (TPSA) is 73.1 Å². The molecule has 0 saturated carbocycles. The van der Waals surface area contributed by atoms with E-state index in [1.807, 2.05) is 0 Å². The molecule has 0 atom stereocenters. The first kappa shape index (κ1) is 11.6. The van der Waals surface area contributed by atoms with E-state index in [4.69, 9.17) is 28.3 Å². The number of pyridine rings is 1. The van der Waals surface area contributed by atoms with Crippen LogP contribution < -0.4 is 5.14 Å². The number of sulfonamides is 1. The van der Waals surface area contributed by atoms with Gasteiger partial charge in [-0.25, -0.2) is 13.6 Å². The number of aromatic nitrogens is 1. The maximum Gasteiger partial charge on any atom is 0.239 e. The lowest BCUT2D eigenvalue weighted by Crippen LogP contribution is -2.12. The molecule has 7 heteroatoms. The van der Waals surface area contributed by atoms with Crippen molar-refractivity contribution in [2.24, 2.45) is 5.14 Å². The molecular weight excluding hydrogens is 271 g/mol. The van der Waals surface area contributed by atoms with Gasteiger partial charge in [0, 0.05) is 11.6 Å². The smallest absolute Gasteiger partial charge is 0.239 e. The lowest BCUT2D eigenvalue weighted by atomic mass is 10.2. The Balaban J connectivity index is 2.90. The third kappa shape index (κ3) is 1.99. The third-order valence-corrected chi connectivity index (χ3v) is 3.75. The van der Waals surface area contributed by atoms with Gasteiger partial charge in [-0.3, -0.25) is 4.98 Å². The van der Waals surface area contributed by atoms with Crippen LogP contribution in [0.4, 0.5) is 0 Å². The highest BCUT2D eigenvalue weighted by Gasteiger charge is 2.15. The highest BCUT2D eigenvalue weighted by molar-refractivity contribution is 7.89. The number of halogens is 2. The number of fused-ring (bicyclic) bond motifs is 1. The molecule has 0 spiro atoms. The van der Waals surface area contributed by atoms with Crippen molar-refractivity contribution in [2.75, 3.05) is 0 Å². The monoisotopic (exact) mass is 276 g/mol. The summed E-state index contributed by atoms with van der Waals surface area (Å²) < 4.78 is 22.5. The lowest BCUT2D eigenvalue weighted by Gasteiger charge is -2.05. The molecule has 1 aromatic heterocycles. The van der Waals surface area contributed by atoms with Gasteiger partial charge in [0.25, 0.3) is 0 Å². The molecule has 2 rings (SSSR count). The highest BCUT2D eigenvalue weighted by atomic mass is 35.5. The zero-order chi connectivity index (χ0) is 11.9. The van der Waals surface area contributed by atoms with Crippen LogP contribution in [0.2, 0.25) is 10.0 Å². The second-order valence-corrected chi connectivity index (χ2v) is 5.48. The van der Waals surface area contributed by atoms with Crippen molar-refractivity contribution in [1.29, 1.82) is 0 Å². The molecule has 4 nitrogen and oxygen atoms in total. The van der Waals surface area contributed by atoms with Crippen molar-refractivity contribution in [3.63, 3.8) is 0 Å². The number of nitrogens with zero attached hydrogens (tertiary/aromatic N) is 1. The van der Waals surface area contributed by atoms with Crippen molar-refractivity contribution in [3.8, 4) is 0 Å². The summed E-state index contributed by atoms with van der Waals surface area (Å²) in [4.78, 5) is 3.87. The summed E-state index contributed by atoms with van der Waals surface area (Å²) in [5.41, 5.74) is 0.518. The van der Waals surface area contributed by atoms with Gasteiger partial charge in [0.05, 0.1) is 15.6 Å². The maximum atomic E-state index is 11.2. The molecule has 1 aromatic carbocycles. The number of hydrogen-bond donors (Lipinski definition) is 1. The molecule has 0 unspecified atom stereocenters. The van der Waals surface area contributed by atoms with E-state index >= 15 is 0 Å². The molecule has 0 aliphatic carbocycles. The Morgan fingerprint density at radius 3 is 2.50 bits per heavy atom. The van der Waals surface area contributed by atoms with Crippen LogP contribution in [0, 0.1) is 0 Å². The summed E-state index contributed by atoms with van der Waals surface area (Å²) in [5.74, 6) is 0. The standard InChI is InChI=1S/C9H6Cl2N2O2S/c10-6-1-2-13-8-4-7(11)9(3-5(6)8)16(12,14)15/h1-4H,(H2,12,14,15). The predicted octanol–water partition coefficient (Wildman–Crippen LogP) is 2.19. The SMILES string of the molecule is NS(=O)(=O)c1cc2c(Cl)ccnc2cc1Cl.